The van der Waals surface area contributed by atoms with Crippen molar-refractivity contribution in [3.05, 3.63) is 22.0 Å². The van der Waals surface area contributed by atoms with E-state index in [1.54, 1.807) is 11.7 Å². The SMILES string of the molecule is Cn1ncc([N+](=O)[O-])c1C(C)(C)C1(N)CC1. The highest BCUT2D eigenvalue weighted by Gasteiger charge is 2.55. The van der Waals surface area contributed by atoms with Gasteiger partial charge < -0.3 is 5.73 Å². The smallest absolute Gasteiger partial charge is 0.310 e. The molecule has 0 aliphatic heterocycles. The van der Waals surface area contributed by atoms with E-state index < -0.39 is 10.3 Å². The first kappa shape index (κ1) is 11.1. The summed E-state index contributed by atoms with van der Waals surface area (Å²) < 4.78 is 1.56. The van der Waals surface area contributed by atoms with Crippen LogP contribution in [0, 0.1) is 10.1 Å². The molecule has 1 aliphatic rings. The Morgan fingerprint density at radius 1 is 1.62 bits per heavy atom. The van der Waals surface area contributed by atoms with Crippen molar-refractivity contribution in [1.29, 1.82) is 0 Å². The van der Waals surface area contributed by atoms with Gasteiger partial charge in [0.15, 0.2) is 0 Å². The van der Waals surface area contributed by atoms with Crippen molar-refractivity contribution in [2.75, 3.05) is 0 Å². The number of aryl methyl sites for hydroxylation is 1. The predicted molar refractivity (Wildman–Crippen MR) is 59.0 cm³/mol. The largest absolute Gasteiger partial charge is 0.324 e. The van der Waals surface area contributed by atoms with E-state index in [2.05, 4.69) is 5.10 Å². The van der Waals surface area contributed by atoms with E-state index in [1.807, 2.05) is 13.8 Å². The van der Waals surface area contributed by atoms with Crippen LogP contribution >= 0.6 is 0 Å². The minimum absolute atomic E-state index is 0.0595. The molecule has 1 aliphatic carbocycles. The zero-order valence-electron chi connectivity index (χ0n) is 9.73. The fraction of sp³-hybridized carbons (Fsp3) is 0.700. The summed E-state index contributed by atoms with van der Waals surface area (Å²) in [6, 6.07) is 0. The summed E-state index contributed by atoms with van der Waals surface area (Å²) >= 11 is 0. The van der Waals surface area contributed by atoms with Crippen molar-refractivity contribution in [2.45, 2.75) is 37.6 Å². The lowest BCUT2D eigenvalue weighted by molar-refractivity contribution is -0.386. The van der Waals surface area contributed by atoms with Crippen molar-refractivity contribution in [2.24, 2.45) is 12.8 Å². The molecule has 0 bridgehead atoms. The van der Waals surface area contributed by atoms with Crippen LogP contribution in [-0.4, -0.2) is 20.2 Å². The van der Waals surface area contributed by atoms with Crippen molar-refractivity contribution in [3.8, 4) is 0 Å². The number of rotatable bonds is 3. The van der Waals surface area contributed by atoms with Gasteiger partial charge in [-0.3, -0.25) is 14.8 Å². The highest BCUT2D eigenvalue weighted by Crippen LogP contribution is 2.50. The second kappa shape index (κ2) is 3.04. The third kappa shape index (κ3) is 1.33. The van der Waals surface area contributed by atoms with E-state index in [4.69, 9.17) is 5.73 Å². The van der Waals surface area contributed by atoms with Gasteiger partial charge in [0.25, 0.3) is 0 Å². The zero-order chi connectivity index (χ0) is 12.1. The molecule has 16 heavy (non-hydrogen) atoms. The molecule has 2 rings (SSSR count). The maximum atomic E-state index is 10.9. The molecule has 1 aromatic rings. The minimum atomic E-state index is -0.430. The van der Waals surface area contributed by atoms with Crippen molar-refractivity contribution < 1.29 is 4.92 Å². The van der Waals surface area contributed by atoms with Gasteiger partial charge in [0.2, 0.25) is 0 Å². The van der Waals surface area contributed by atoms with Gasteiger partial charge in [-0.15, -0.1) is 0 Å². The third-order valence-corrected chi connectivity index (χ3v) is 3.74. The summed E-state index contributed by atoms with van der Waals surface area (Å²) in [4.78, 5) is 10.5. The van der Waals surface area contributed by atoms with Gasteiger partial charge in [-0.25, -0.2) is 0 Å². The minimum Gasteiger partial charge on any atom is -0.324 e. The normalized spacial score (nSPS) is 18.5. The number of nitro groups is 1. The monoisotopic (exact) mass is 224 g/mol. The van der Waals surface area contributed by atoms with Crippen LogP contribution in [0.1, 0.15) is 32.4 Å². The topological polar surface area (TPSA) is 87.0 Å². The van der Waals surface area contributed by atoms with E-state index >= 15 is 0 Å². The molecule has 6 heteroatoms. The molecule has 0 unspecified atom stereocenters. The van der Waals surface area contributed by atoms with E-state index in [0.29, 0.717) is 5.69 Å². The number of hydrogen-bond donors (Lipinski definition) is 1. The van der Waals surface area contributed by atoms with Crippen molar-refractivity contribution >= 4 is 5.69 Å². The first-order valence-corrected chi connectivity index (χ1v) is 5.25. The van der Waals surface area contributed by atoms with Gasteiger partial charge >= 0.3 is 5.69 Å². The molecular formula is C10H16N4O2. The molecule has 1 fully saturated rings. The second-order valence-electron chi connectivity index (χ2n) is 5.04. The summed E-state index contributed by atoms with van der Waals surface area (Å²) in [5, 5.41) is 14.9. The third-order valence-electron chi connectivity index (χ3n) is 3.74. The molecule has 0 atom stereocenters. The molecule has 1 heterocycles. The fourth-order valence-corrected chi connectivity index (χ4v) is 2.28. The van der Waals surface area contributed by atoms with Crippen LogP contribution < -0.4 is 5.73 Å². The number of nitrogens with zero attached hydrogens (tertiary/aromatic N) is 3. The van der Waals surface area contributed by atoms with Gasteiger partial charge in [-0.2, -0.15) is 5.10 Å². The van der Waals surface area contributed by atoms with E-state index in [-0.39, 0.29) is 11.2 Å². The molecule has 88 valence electrons. The number of nitrogens with two attached hydrogens (primary N) is 1. The number of aromatic nitrogens is 2. The van der Waals surface area contributed by atoms with Gasteiger partial charge in [-0.1, -0.05) is 13.8 Å². The van der Waals surface area contributed by atoms with E-state index in [0.717, 1.165) is 12.8 Å². The van der Waals surface area contributed by atoms with Crippen LogP contribution in [-0.2, 0) is 12.5 Å². The van der Waals surface area contributed by atoms with Gasteiger partial charge in [0.05, 0.1) is 4.92 Å². The van der Waals surface area contributed by atoms with Gasteiger partial charge in [-0.05, 0) is 12.8 Å². The second-order valence-corrected chi connectivity index (χ2v) is 5.04. The highest BCUT2D eigenvalue weighted by molar-refractivity contribution is 5.42. The van der Waals surface area contributed by atoms with Gasteiger partial charge in [0.1, 0.15) is 11.9 Å². The molecule has 0 spiro atoms. The summed E-state index contributed by atoms with van der Waals surface area (Å²) in [7, 11) is 1.72. The molecule has 1 saturated carbocycles. The van der Waals surface area contributed by atoms with Crippen LogP contribution in [0.25, 0.3) is 0 Å². The van der Waals surface area contributed by atoms with E-state index in [1.165, 1.54) is 6.20 Å². The summed E-state index contributed by atoms with van der Waals surface area (Å²) in [6.45, 7) is 3.90. The Kier molecular flexibility index (Phi) is 2.10. The standard InChI is InChI=1S/C10H16N4O2/c1-9(2,10(11)4-5-10)8-7(14(15)16)6-12-13(8)3/h6H,4-5,11H2,1-3H3. The average molecular weight is 224 g/mol. The molecule has 1 aromatic heterocycles. The Morgan fingerprint density at radius 2 is 2.19 bits per heavy atom. The lowest BCUT2D eigenvalue weighted by Crippen LogP contribution is -2.44. The summed E-state index contributed by atoms with van der Waals surface area (Å²) in [5.74, 6) is 0. The lowest BCUT2D eigenvalue weighted by atomic mass is 9.78. The van der Waals surface area contributed by atoms with Crippen molar-refractivity contribution in [1.82, 2.24) is 9.78 Å². The molecule has 0 saturated heterocycles. The fourth-order valence-electron chi connectivity index (χ4n) is 2.28. The Balaban J connectivity index is 2.54. The van der Waals surface area contributed by atoms with Crippen LogP contribution in [0.3, 0.4) is 0 Å². The molecule has 0 amide bonds. The molecule has 6 nitrogen and oxygen atoms in total. The summed E-state index contributed by atoms with van der Waals surface area (Å²) in [5.41, 5.74) is 6.10. The van der Waals surface area contributed by atoms with Crippen molar-refractivity contribution in [3.63, 3.8) is 0 Å². The number of hydrogen-bond acceptors (Lipinski definition) is 4. The first-order chi connectivity index (χ1) is 7.29. The highest BCUT2D eigenvalue weighted by atomic mass is 16.6. The summed E-state index contributed by atoms with van der Waals surface area (Å²) in [6.07, 6.45) is 3.10. The first-order valence-electron chi connectivity index (χ1n) is 5.25. The predicted octanol–water partition coefficient (Wildman–Crippen LogP) is 1.10. The Morgan fingerprint density at radius 3 is 2.62 bits per heavy atom. The maximum absolute atomic E-state index is 10.9. The van der Waals surface area contributed by atoms with Crippen LogP contribution in [0.15, 0.2) is 6.20 Å². The van der Waals surface area contributed by atoms with Crippen LogP contribution in [0.5, 0.6) is 0 Å². The maximum Gasteiger partial charge on any atom is 0.310 e. The molecule has 2 N–H and O–H groups in total. The molecule has 0 aromatic carbocycles. The molecule has 0 radical (unpaired) electrons. The van der Waals surface area contributed by atoms with Gasteiger partial charge in [0, 0.05) is 18.0 Å². The van der Waals surface area contributed by atoms with Crippen LogP contribution in [0.2, 0.25) is 0 Å². The Bertz CT molecular complexity index is 446. The Labute approximate surface area is 93.6 Å². The van der Waals surface area contributed by atoms with E-state index in [9.17, 15) is 10.1 Å². The lowest BCUT2D eigenvalue weighted by Gasteiger charge is -2.31. The Hall–Kier alpha value is -1.43. The van der Waals surface area contributed by atoms with Crippen LogP contribution in [0.4, 0.5) is 5.69 Å². The average Bonchev–Trinajstić information content (AvgIpc) is 2.78. The molecular weight excluding hydrogens is 208 g/mol. The zero-order valence-corrected chi connectivity index (χ0v) is 9.73. The quantitative estimate of drug-likeness (QED) is 0.615.